The van der Waals surface area contributed by atoms with Crippen molar-refractivity contribution in [1.82, 2.24) is 4.98 Å². The number of nitriles is 1. The Kier molecular flexibility index (Phi) is 1.54. The lowest BCUT2D eigenvalue weighted by molar-refractivity contribution is 0.500. The van der Waals surface area contributed by atoms with Crippen LogP contribution in [0, 0.1) is 18.3 Å². The molecule has 1 aromatic heterocycles. The molecule has 0 bridgehead atoms. The van der Waals surface area contributed by atoms with Crippen LogP contribution in [0.4, 0.5) is 0 Å². The van der Waals surface area contributed by atoms with Gasteiger partial charge >= 0.3 is 0 Å². The van der Waals surface area contributed by atoms with Crippen molar-refractivity contribution in [1.29, 1.82) is 5.26 Å². The van der Waals surface area contributed by atoms with Crippen molar-refractivity contribution in [2.75, 3.05) is 0 Å². The predicted molar refractivity (Wildman–Crippen MR) is 33.7 cm³/mol. The first-order valence-electron chi connectivity index (χ1n) is 2.27. The molecular formula is C5H3BrN2O. The highest BCUT2D eigenvalue weighted by Crippen LogP contribution is 2.12. The molecule has 0 fully saturated rings. The van der Waals surface area contributed by atoms with Gasteiger partial charge in [-0.25, -0.2) is 0 Å². The molecule has 0 aromatic carbocycles. The van der Waals surface area contributed by atoms with Gasteiger partial charge in [0.25, 0.3) is 4.80 Å². The number of aryl methyl sites for hydroxylation is 1. The lowest BCUT2D eigenvalue weighted by Crippen LogP contribution is -1.73. The fourth-order valence-corrected chi connectivity index (χ4v) is 0.888. The molecule has 0 aliphatic carbocycles. The van der Waals surface area contributed by atoms with Gasteiger partial charge in [-0.2, -0.15) is 10.2 Å². The number of halogens is 1. The Hall–Kier alpha value is -0.820. The summed E-state index contributed by atoms with van der Waals surface area (Å²) in [6, 6.07) is 1.88. The molecule has 0 saturated carbocycles. The molecule has 0 aliphatic heterocycles. The third-order valence-electron chi connectivity index (χ3n) is 0.876. The van der Waals surface area contributed by atoms with Gasteiger partial charge in [0, 0.05) is 15.9 Å². The summed E-state index contributed by atoms with van der Waals surface area (Å²) in [6.07, 6.45) is 0. The molecular weight excluding hydrogens is 184 g/mol. The summed E-state index contributed by atoms with van der Waals surface area (Å²) in [5.41, 5.74) is 0.335. The molecule has 46 valence electrons. The van der Waals surface area contributed by atoms with Crippen LogP contribution in [0.3, 0.4) is 0 Å². The molecule has 0 unspecified atom stereocenters. The zero-order valence-electron chi connectivity index (χ0n) is 4.68. The third-order valence-corrected chi connectivity index (χ3v) is 1.22. The summed E-state index contributed by atoms with van der Waals surface area (Å²) in [6.45, 7) is 1.69. The van der Waals surface area contributed by atoms with E-state index < -0.39 is 0 Å². The number of nitrogens with zero attached hydrogens (tertiary/aromatic N) is 2. The highest BCUT2D eigenvalue weighted by molar-refractivity contribution is 9.10. The van der Waals surface area contributed by atoms with E-state index in [4.69, 9.17) is 9.68 Å². The zero-order valence-corrected chi connectivity index (χ0v) is 6.27. The van der Waals surface area contributed by atoms with E-state index in [-0.39, 0.29) is 0 Å². The van der Waals surface area contributed by atoms with E-state index >= 15 is 0 Å². The van der Waals surface area contributed by atoms with Gasteiger partial charge in [-0.1, -0.05) is 0 Å². The summed E-state index contributed by atoms with van der Waals surface area (Å²) in [5.74, 6) is 0.546. The lowest BCUT2D eigenvalue weighted by atomic mass is 10.4. The molecule has 1 heterocycles. The molecule has 0 saturated heterocycles. The summed E-state index contributed by atoms with van der Waals surface area (Å²) < 4.78 is 4.89. The Balaban J connectivity index is 3.20. The second-order valence-corrected chi connectivity index (χ2v) is 2.16. The SMILES string of the molecule is Cc1oc(Br)nc1C#N. The Morgan fingerprint density at radius 3 is 2.67 bits per heavy atom. The Morgan fingerprint density at radius 2 is 2.44 bits per heavy atom. The molecule has 0 spiro atoms. The quantitative estimate of drug-likeness (QED) is 0.619. The van der Waals surface area contributed by atoms with E-state index in [9.17, 15) is 0 Å². The summed E-state index contributed by atoms with van der Waals surface area (Å²) in [7, 11) is 0. The lowest BCUT2D eigenvalue weighted by Gasteiger charge is -1.74. The Bertz CT molecular complexity index is 260. The van der Waals surface area contributed by atoms with Crippen molar-refractivity contribution < 1.29 is 4.42 Å². The minimum Gasteiger partial charge on any atom is -0.435 e. The third kappa shape index (κ3) is 1.11. The van der Waals surface area contributed by atoms with Crippen LogP contribution in [0.15, 0.2) is 9.22 Å². The number of oxazole rings is 1. The van der Waals surface area contributed by atoms with Crippen molar-refractivity contribution in [3.63, 3.8) is 0 Å². The second-order valence-electron chi connectivity index (χ2n) is 1.48. The number of rotatable bonds is 0. The zero-order chi connectivity index (χ0) is 6.85. The largest absolute Gasteiger partial charge is 0.435 e. The van der Waals surface area contributed by atoms with Gasteiger partial charge in [0.05, 0.1) is 0 Å². The molecule has 0 N–H and O–H groups in total. The van der Waals surface area contributed by atoms with Crippen molar-refractivity contribution in [3.8, 4) is 6.07 Å². The van der Waals surface area contributed by atoms with Crippen molar-refractivity contribution in [2.24, 2.45) is 0 Å². The maximum atomic E-state index is 8.34. The maximum Gasteiger partial charge on any atom is 0.265 e. The maximum absolute atomic E-state index is 8.34. The first-order chi connectivity index (χ1) is 4.24. The molecule has 0 amide bonds. The highest BCUT2D eigenvalue weighted by Gasteiger charge is 2.03. The van der Waals surface area contributed by atoms with Crippen LogP contribution in [0.2, 0.25) is 0 Å². The van der Waals surface area contributed by atoms with Crippen LogP contribution >= 0.6 is 15.9 Å². The van der Waals surface area contributed by atoms with Crippen LogP contribution in [-0.4, -0.2) is 4.98 Å². The molecule has 0 aliphatic rings. The fourth-order valence-electron chi connectivity index (χ4n) is 0.468. The molecule has 0 radical (unpaired) electrons. The van der Waals surface area contributed by atoms with E-state index in [1.165, 1.54) is 0 Å². The average molecular weight is 187 g/mol. The Labute approximate surface area is 60.4 Å². The van der Waals surface area contributed by atoms with Gasteiger partial charge in [0.2, 0.25) is 0 Å². The Morgan fingerprint density at radius 1 is 1.78 bits per heavy atom. The molecule has 1 aromatic rings. The molecule has 9 heavy (non-hydrogen) atoms. The highest BCUT2D eigenvalue weighted by atomic mass is 79.9. The summed E-state index contributed by atoms with van der Waals surface area (Å²) >= 11 is 2.99. The first-order valence-corrected chi connectivity index (χ1v) is 3.06. The number of hydrogen-bond acceptors (Lipinski definition) is 3. The molecule has 3 nitrogen and oxygen atoms in total. The average Bonchev–Trinajstić information content (AvgIpc) is 2.10. The minimum atomic E-state index is 0.335. The normalized spacial score (nSPS) is 9.00. The summed E-state index contributed by atoms with van der Waals surface area (Å²) in [5, 5.41) is 8.34. The smallest absolute Gasteiger partial charge is 0.265 e. The van der Waals surface area contributed by atoms with Crippen LogP contribution in [-0.2, 0) is 0 Å². The van der Waals surface area contributed by atoms with E-state index in [0.29, 0.717) is 16.3 Å². The van der Waals surface area contributed by atoms with E-state index in [2.05, 4.69) is 20.9 Å². The molecule has 4 heteroatoms. The van der Waals surface area contributed by atoms with E-state index in [0.717, 1.165) is 0 Å². The molecule has 1 rings (SSSR count). The van der Waals surface area contributed by atoms with Crippen molar-refractivity contribution in [2.45, 2.75) is 6.92 Å². The number of hydrogen-bond donors (Lipinski definition) is 0. The van der Waals surface area contributed by atoms with Crippen LogP contribution in [0.1, 0.15) is 11.5 Å². The van der Waals surface area contributed by atoms with Gasteiger partial charge < -0.3 is 4.42 Å². The first kappa shape index (κ1) is 6.30. The second kappa shape index (κ2) is 2.19. The monoisotopic (exact) mass is 186 g/mol. The van der Waals surface area contributed by atoms with Gasteiger partial charge in [0.1, 0.15) is 11.8 Å². The van der Waals surface area contributed by atoms with Gasteiger partial charge in [-0.05, 0) is 6.92 Å². The van der Waals surface area contributed by atoms with E-state index in [1.807, 2.05) is 6.07 Å². The van der Waals surface area contributed by atoms with Crippen LogP contribution in [0.5, 0.6) is 0 Å². The fraction of sp³-hybridized carbons (Fsp3) is 0.200. The molecule has 0 atom stereocenters. The van der Waals surface area contributed by atoms with E-state index in [1.54, 1.807) is 6.92 Å². The minimum absolute atomic E-state index is 0.335. The van der Waals surface area contributed by atoms with Crippen LogP contribution < -0.4 is 0 Å². The standard InChI is InChI=1S/C5H3BrN2O/c1-3-4(2-7)8-5(6)9-3/h1H3. The summed E-state index contributed by atoms with van der Waals surface area (Å²) in [4.78, 5) is 4.08. The van der Waals surface area contributed by atoms with Crippen molar-refractivity contribution in [3.05, 3.63) is 16.3 Å². The predicted octanol–water partition coefficient (Wildman–Crippen LogP) is 1.62. The topological polar surface area (TPSA) is 49.8 Å². The van der Waals surface area contributed by atoms with Crippen molar-refractivity contribution >= 4 is 15.9 Å². The van der Waals surface area contributed by atoms with Gasteiger partial charge in [-0.15, -0.1) is 0 Å². The number of aromatic nitrogens is 1. The van der Waals surface area contributed by atoms with Gasteiger partial charge in [0.15, 0.2) is 5.69 Å². The van der Waals surface area contributed by atoms with Gasteiger partial charge in [-0.3, -0.25) is 0 Å². The van der Waals surface area contributed by atoms with Crippen LogP contribution in [0.25, 0.3) is 0 Å².